The largest absolute Gasteiger partial charge is 0.444 e. The van der Waals surface area contributed by atoms with E-state index in [1.54, 1.807) is 60.9 Å². The molecule has 0 aliphatic carbocycles. The molecule has 3 aromatic rings. The molecule has 2 atom stereocenters. The van der Waals surface area contributed by atoms with Crippen LogP contribution in [0, 0.1) is 6.57 Å². The van der Waals surface area contributed by atoms with E-state index in [2.05, 4.69) is 25.2 Å². The monoisotopic (exact) mass is 463 g/mol. The summed E-state index contributed by atoms with van der Waals surface area (Å²) in [5, 5.41) is 7.02. The third-order valence-electron chi connectivity index (χ3n) is 5.20. The third-order valence-corrected chi connectivity index (χ3v) is 5.20. The molecule has 0 radical (unpaired) electrons. The molecule has 1 aliphatic rings. The number of amides is 2. The van der Waals surface area contributed by atoms with Gasteiger partial charge in [-0.2, -0.15) is 5.10 Å². The zero-order valence-electron chi connectivity index (χ0n) is 19.1. The van der Waals surface area contributed by atoms with Gasteiger partial charge in [0, 0.05) is 18.2 Å². The minimum atomic E-state index is -0.644. The Morgan fingerprint density at radius 2 is 2.18 bits per heavy atom. The number of benzene rings is 1. The molecular formula is C23H25N7O4. The molecule has 11 heteroatoms. The molecule has 0 bridgehead atoms. The van der Waals surface area contributed by atoms with Gasteiger partial charge in [-0.15, -0.1) is 0 Å². The van der Waals surface area contributed by atoms with Crippen LogP contribution in [-0.2, 0) is 11.3 Å². The van der Waals surface area contributed by atoms with E-state index in [0.29, 0.717) is 30.0 Å². The number of aromatic nitrogens is 4. The molecule has 0 saturated carbocycles. The lowest BCUT2D eigenvalue weighted by Crippen LogP contribution is -2.43. The van der Waals surface area contributed by atoms with Crippen molar-refractivity contribution in [2.75, 3.05) is 6.54 Å². The molecule has 1 aliphatic heterocycles. The summed E-state index contributed by atoms with van der Waals surface area (Å²) >= 11 is 0. The van der Waals surface area contributed by atoms with E-state index in [-0.39, 0.29) is 24.5 Å². The maximum absolute atomic E-state index is 12.8. The number of rotatable bonds is 5. The highest BCUT2D eigenvalue weighted by Crippen LogP contribution is 2.26. The summed E-state index contributed by atoms with van der Waals surface area (Å²) < 4.78 is 12.8. The number of carbonyl (C=O) groups excluding carboxylic acids is 2. The number of hydrogen-bond donors (Lipinski definition) is 1. The molecule has 1 aromatic carbocycles. The lowest BCUT2D eigenvalue weighted by Gasteiger charge is -2.28. The number of ether oxygens (including phenoxy) is 1. The van der Waals surface area contributed by atoms with Crippen LogP contribution in [0.1, 0.15) is 37.9 Å². The Bertz CT molecular complexity index is 1210. The second-order valence-electron chi connectivity index (χ2n) is 9.00. The van der Waals surface area contributed by atoms with E-state index >= 15 is 0 Å². The van der Waals surface area contributed by atoms with Gasteiger partial charge in [0.15, 0.2) is 11.4 Å². The minimum Gasteiger partial charge on any atom is -0.444 e. The van der Waals surface area contributed by atoms with Crippen molar-refractivity contribution in [3.05, 3.63) is 60.4 Å². The van der Waals surface area contributed by atoms with Gasteiger partial charge in [0.2, 0.25) is 0 Å². The van der Waals surface area contributed by atoms with Crippen LogP contribution in [-0.4, -0.2) is 60.9 Å². The molecule has 34 heavy (non-hydrogen) atoms. The second kappa shape index (κ2) is 9.35. The highest BCUT2D eigenvalue weighted by Gasteiger charge is 2.39. The first-order chi connectivity index (χ1) is 16.2. The van der Waals surface area contributed by atoms with Crippen LogP contribution in [0.25, 0.3) is 16.2 Å². The second-order valence-corrected chi connectivity index (χ2v) is 9.00. The normalized spacial score (nSPS) is 17.9. The van der Waals surface area contributed by atoms with Crippen molar-refractivity contribution in [2.24, 2.45) is 0 Å². The van der Waals surface area contributed by atoms with Crippen LogP contribution in [0.4, 0.5) is 10.5 Å². The van der Waals surface area contributed by atoms with E-state index < -0.39 is 17.6 Å². The minimum absolute atomic E-state index is 0.0910. The molecule has 1 fully saturated rings. The van der Waals surface area contributed by atoms with Crippen molar-refractivity contribution >= 4 is 17.7 Å². The van der Waals surface area contributed by atoms with Crippen molar-refractivity contribution in [2.45, 2.75) is 51.4 Å². The molecule has 3 heterocycles. The Balaban J connectivity index is 1.45. The lowest BCUT2D eigenvalue weighted by molar-refractivity contribution is 0.0208. The number of likely N-dealkylation sites (tertiary alicyclic amines) is 1. The van der Waals surface area contributed by atoms with E-state index in [9.17, 15) is 9.59 Å². The Kier molecular flexibility index (Phi) is 6.32. The fourth-order valence-corrected chi connectivity index (χ4v) is 3.77. The van der Waals surface area contributed by atoms with Crippen molar-refractivity contribution in [1.82, 2.24) is 30.0 Å². The predicted molar refractivity (Wildman–Crippen MR) is 121 cm³/mol. The summed E-state index contributed by atoms with van der Waals surface area (Å²) in [4.78, 5) is 38.7. The fourth-order valence-electron chi connectivity index (χ4n) is 3.77. The summed E-state index contributed by atoms with van der Waals surface area (Å²) in [5.74, 6) is -0.184. The van der Waals surface area contributed by atoms with Crippen molar-refractivity contribution < 1.29 is 18.7 Å². The summed E-state index contributed by atoms with van der Waals surface area (Å²) in [6.07, 6.45) is 4.52. The molecule has 176 valence electrons. The van der Waals surface area contributed by atoms with Crippen molar-refractivity contribution in [1.29, 1.82) is 0 Å². The van der Waals surface area contributed by atoms with Gasteiger partial charge < -0.3 is 19.4 Å². The van der Waals surface area contributed by atoms with Crippen LogP contribution in [0.2, 0.25) is 0 Å². The molecule has 1 saturated heterocycles. The number of nitrogens with one attached hydrogen (secondary N) is 1. The molecule has 2 aromatic heterocycles. The van der Waals surface area contributed by atoms with Crippen LogP contribution in [0.5, 0.6) is 0 Å². The van der Waals surface area contributed by atoms with Crippen molar-refractivity contribution in [3.8, 4) is 11.3 Å². The third kappa shape index (κ3) is 5.40. The molecule has 0 unspecified atom stereocenters. The Morgan fingerprint density at radius 1 is 1.35 bits per heavy atom. The SMILES string of the molecule is [C-]#[N+]c1cccc(-c2cnc(C(=O)N[C@@H]3C[C@@H](Cn4cncn4)N(C(=O)OC(C)(C)C)C3)o2)c1. The molecule has 11 nitrogen and oxygen atoms in total. The predicted octanol–water partition coefficient (Wildman–Crippen LogP) is 3.29. The first-order valence-corrected chi connectivity index (χ1v) is 10.8. The first-order valence-electron chi connectivity index (χ1n) is 10.8. The molecule has 4 rings (SSSR count). The number of carbonyl (C=O) groups is 2. The number of oxazole rings is 1. The molecule has 0 spiro atoms. The van der Waals surface area contributed by atoms with Crippen LogP contribution < -0.4 is 5.32 Å². The quantitative estimate of drug-likeness (QED) is 0.577. The van der Waals surface area contributed by atoms with Gasteiger partial charge in [0.1, 0.15) is 18.3 Å². The first kappa shape index (κ1) is 23.0. The highest BCUT2D eigenvalue weighted by molar-refractivity contribution is 5.90. The van der Waals surface area contributed by atoms with Gasteiger partial charge in [0.25, 0.3) is 5.89 Å². The van der Waals surface area contributed by atoms with E-state index in [1.807, 2.05) is 0 Å². The van der Waals surface area contributed by atoms with Gasteiger partial charge >= 0.3 is 12.0 Å². The molecule has 2 amide bonds. The average Bonchev–Trinajstić information content (AvgIpc) is 3.54. The Hall–Kier alpha value is -4.20. The smallest absolute Gasteiger partial charge is 0.410 e. The zero-order chi connectivity index (χ0) is 24.3. The van der Waals surface area contributed by atoms with E-state index in [1.165, 1.54) is 12.5 Å². The topological polar surface area (TPSA) is 120 Å². The van der Waals surface area contributed by atoms with Crippen molar-refractivity contribution in [3.63, 3.8) is 0 Å². The average molecular weight is 463 g/mol. The van der Waals surface area contributed by atoms with Gasteiger partial charge in [-0.25, -0.2) is 19.6 Å². The standard InChI is InChI=1S/C23H25N7O4/c1-23(2,3)34-22(32)30-11-17(9-18(30)12-29-14-25-13-27-29)28-20(31)21-26-10-19(33-21)15-6-5-7-16(8-15)24-4/h5-8,10,13-14,17-18H,9,11-12H2,1-3H3,(H,28,31)/t17-,18+/m1/s1. The zero-order valence-corrected chi connectivity index (χ0v) is 19.1. The summed E-state index contributed by atoms with van der Waals surface area (Å²) in [6.45, 7) is 13.3. The number of hydrogen-bond acceptors (Lipinski definition) is 7. The number of nitrogens with zero attached hydrogens (tertiary/aromatic N) is 6. The fraction of sp³-hybridized carbons (Fsp3) is 0.391. The van der Waals surface area contributed by atoms with Crippen LogP contribution in [0.15, 0.2) is 47.5 Å². The van der Waals surface area contributed by atoms with Crippen LogP contribution in [0.3, 0.4) is 0 Å². The van der Waals surface area contributed by atoms with Gasteiger partial charge in [-0.05, 0) is 33.3 Å². The Morgan fingerprint density at radius 3 is 2.88 bits per heavy atom. The molecular weight excluding hydrogens is 438 g/mol. The van der Waals surface area contributed by atoms with E-state index in [4.69, 9.17) is 15.7 Å². The maximum atomic E-state index is 12.8. The van der Waals surface area contributed by atoms with Gasteiger partial charge in [0.05, 0.1) is 25.4 Å². The maximum Gasteiger partial charge on any atom is 0.410 e. The van der Waals surface area contributed by atoms with Gasteiger partial charge in [-0.3, -0.25) is 9.48 Å². The van der Waals surface area contributed by atoms with E-state index in [0.717, 1.165) is 0 Å². The highest BCUT2D eigenvalue weighted by atomic mass is 16.6. The summed E-state index contributed by atoms with van der Waals surface area (Å²) in [7, 11) is 0. The summed E-state index contributed by atoms with van der Waals surface area (Å²) in [5.41, 5.74) is 0.478. The van der Waals surface area contributed by atoms with Crippen LogP contribution >= 0.6 is 0 Å². The summed E-state index contributed by atoms with van der Waals surface area (Å²) in [6, 6.07) is 6.31. The molecule has 1 N–H and O–H groups in total. The lowest BCUT2D eigenvalue weighted by atomic mass is 10.1. The van der Waals surface area contributed by atoms with Gasteiger partial charge in [-0.1, -0.05) is 18.2 Å². The Labute approximate surface area is 196 Å².